The van der Waals surface area contributed by atoms with E-state index in [0.717, 1.165) is 12.8 Å². The van der Waals surface area contributed by atoms with Crippen molar-refractivity contribution < 1.29 is 9.59 Å². The van der Waals surface area contributed by atoms with Gasteiger partial charge in [0, 0.05) is 28.1 Å². The highest BCUT2D eigenvalue weighted by molar-refractivity contribution is 6.31. The Bertz CT molecular complexity index is 1180. The van der Waals surface area contributed by atoms with Crippen LogP contribution in [0.1, 0.15) is 58.0 Å². The molecular weight excluding hydrogens is 406 g/mol. The number of halogens is 1. The summed E-state index contributed by atoms with van der Waals surface area (Å²) in [5.74, 6) is 0.418. The Balaban J connectivity index is 1.56. The Kier molecular flexibility index (Phi) is 5.25. The van der Waals surface area contributed by atoms with Crippen LogP contribution in [0.15, 0.2) is 36.9 Å². The number of rotatable bonds is 6. The lowest BCUT2D eigenvalue weighted by molar-refractivity contribution is 0.0938. The van der Waals surface area contributed by atoms with Gasteiger partial charge in [0.15, 0.2) is 17.4 Å². The molecule has 9 nitrogen and oxygen atoms in total. The molecule has 2 aromatic heterocycles. The third-order valence-corrected chi connectivity index (χ3v) is 4.90. The number of hydrogen-bond acceptors (Lipinski definition) is 7. The van der Waals surface area contributed by atoms with Gasteiger partial charge in [-0.2, -0.15) is 15.0 Å². The molecule has 1 aromatic carbocycles. The standard InChI is InChI=1S/C20H16ClN7O2/c1-11(19-25-10-26-28(19)17-7-16(8-22)23-9-24-17)27-20(30)14-4-13(5-15(21)6-14)18(29)12-2-3-12/h4-7,9-12H,2-3H2,1H3,(H,27,30)/t11-/m0/s1. The maximum absolute atomic E-state index is 12.8. The molecule has 0 aliphatic heterocycles. The summed E-state index contributed by atoms with van der Waals surface area (Å²) in [5, 5.41) is 16.3. The number of benzene rings is 1. The maximum atomic E-state index is 12.8. The van der Waals surface area contributed by atoms with Gasteiger partial charge in [0.25, 0.3) is 5.91 Å². The minimum Gasteiger partial charge on any atom is -0.342 e. The number of nitriles is 1. The van der Waals surface area contributed by atoms with Gasteiger partial charge in [-0.1, -0.05) is 11.6 Å². The smallest absolute Gasteiger partial charge is 0.251 e. The van der Waals surface area contributed by atoms with E-state index in [9.17, 15) is 9.59 Å². The molecule has 0 bridgehead atoms. The molecule has 1 N–H and O–H groups in total. The lowest BCUT2D eigenvalue weighted by Crippen LogP contribution is -2.29. The average molecular weight is 422 g/mol. The van der Waals surface area contributed by atoms with Crippen molar-refractivity contribution in [1.29, 1.82) is 5.26 Å². The van der Waals surface area contributed by atoms with Crippen molar-refractivity contribution in [3.8, 4) is 11.9 Å². The van der Waals surface area contributed by atoms with Gasteiger partial charge in [-0.25, -0.2) is 15.0 Å². The lowest BCUT2D eigenvalue weighted by atomic mass is 10.0. The van der Waals surface area contributed by atoms with Crippen LogP contribution in [0.25, 0.3) is 5.82 Å². The first-order chi connectivity index (χ1) is 14.5. The van der Waals surface area contributed by atoms with E-state index in [0.29, 0.717) is 27.8 Å². The van der Waals surface area contributed by atoms with Crippen LogP contribution >= 0.6 is 11.6 Å². The summed E-state index contributed by atoms with van der Waals surface area (Å²) >= 11 is 6.13. The second-order valence-electron chi connectivity index (χ2n) is 6.97. The van der Waals surface area contributed by atoms with Crippen LogP contribution in [0.5, 0.6) is 0 Å². The quantitative estimate of drug-likeness (QED) is 0.606. The zero-order valence-corrected chi connectivity index (χ0v) is 16.7. The van der Waals surface area contributed by atoms with Crippen LogP contribution in [-0.2, 0) is 0 Å². The van der Waals surface area contributed by atoms with Gasteiger partial charge in [0.1, 0.15) is 24.4 Å². The Morgan fingerprint density at radius 3 is 2.67 bits per heavy atom. The molecule has 1 aliphatic carbocycles. The number of amides is 1. The predicted octanol–water partition coefficient (Wildman–Crippen LogP) is 2.67. The fourth-order valence-electron chi connectivity index (χ4n) is 3.03. The molecule has 3 aromatic rings. The second-order valence-corrected chi connectivity index (χ2v) is 7.40. The highest BCUT2D eigenvalue weighted by Crippen LogP contribution is 2.33. The van der Waals surface area contributed by atoms with Gasteiger partial charge < -0.3 is 5.32 Å². The molecule has 1 aliphatic rings. The summed E-state index contributed by atoms with van der Waals surface area (Å²) in [7, 11) is 0. The number of hydrogen-bond donors (Lipinski definition) is 1. The van der Waals surface area contributed by atoms with E-state index in [1.54, 1.807) is 19.1 Å². The molecule has 0 spiro atoms. The molecule has 0 radical (unpaired) electrons. The molecule has 0 unspecified atom stereocenters. The molecule has 150 valence electrons. The normalized spacial score (nSPS) is 14.0. The molecule has 4 rings (SSSR count). The Morgan fingerprint density at radius 2 is 1.93 bits per heavy atom. The Hall–Kier alpha value is -3.64. The molecule has 2 heterocycles. The van der Waals surface area contributed by atoms with Crippen LogP contribution in [0.2, 0.25) is 5.02 Å². The Labute approximate surface area is 176 Å². The minimum atomic E-state index is -0.540. The molecule has 30 heavy (non-hydrogen) atoms. The first-order valence-electron chi connectivity index (χ1n) is 9.24. The van der Waals surface area contributed by atoms with Crippen molar-refractivity contribution in [3.05, 3.63) is 64.6 Å². The topological polar surface area (TPSA) is 126 Å². The SMILES string of the molecule is C[C@H](NC(=O)c1cc(Cl)cc(C(=O)C2CC2)c1)c1ncnn1-c1cc(C#N)ncn1. The highest BCUT2D eigenvalue weighted by Gasteiger charge is 2.31. The summed E-state index contributed by atoms with van der Waals surface area (Å²) in [6.45, 7) is 1.74. The predicted molar refractivity (Wildman–Crippen MR) is 106 cm³/mol. The second kappa shape index (κ2) is 8.00. The van der Waals surface area contributed by atoms with Crippen LogP contribution in [0.4, 0.5) is 0 Å². The van der Waals surface area contributed by atoms with E-state index in [4.69, 9.17) is 16.9 Å². The van der Waals surface area contributed by atoms with E-state index in [1.165, 1.54) is 29.5 Å². The van der Waals surface area contributed by atoms with Crippen molar-refractivity contribution in [1.82, 2.24) is 30.0 Å². The number of aromatic nitrogens is 5. The van der Waals surface area contributed by atoms with Crippen molar-refractivity contribution in [2.75, 3.05) is 0 Å². The van der Waals surface area contributed by atoms with Crippen LogP contribution in [0.3, 0.4) is 0 Å². The summed E-state index contributed by atoms with van der Waals surface area (Å²) in [4.78, 5) is 37.3. The van der Waals surface area contributed by atoms with Crippen molar-refractivity contribution in [2.45, 2.75) is 25.8 Å². The summed E-state index contributed by atoms with van der Waals surface area (Å²) in [5.41, 5.74) is 0.916. The summed E-state index contributed by atoms with van der Waals surface area (Å²) in [6.07, 6.45) is 4.33. The third kappa shape index (κ3) is 4.04. The number of carbonyl (C=O) groups is 2. The largest absolute Gasteiger partial charge is 0.342 e. The van der Waals surface area contributed by atoms with Gasteiger partial charge in [-0.3, -0.25) is 9.59 Å². The lowest BCUT2D eigenvalue weighted by Gasteiger charge is -2.15. The summed E-state index contributed by atoms with van der Waals surface area (Å²) in [6, 6.07) is 7.53. The summed E-state index contributed by atoms with van der Waals surface area (Å²) < 4.78 is 1.42. The van der Waals surface area contributed by atoms with Crippen LogP contribution in [-0.4, -0.2) is 36.4 Å². The average Bonchev–Trinajstić information content (AvgIpc) is 3.48. The first-order valence-corrected chi connectivity index (χ1v) is 9.62. The molecule has 1 saturated carbocycles. The van der Waals surface area contributed by atoms with Crippen molar-refractivity contribution in [2.24, 2.45) is 5.92 Å². The molecular formula is C20H16ClN7O2. The van der Waals surface area contributed by atoms with Gasteiger partial charge >= 0.3 is 0 Å². The third-order valence-electron chi connectivity index (χ3n) is 4.69. The number of nitrogens with one attached hydrogen (secondary N) is 1. The van der Waals surface area contributed by atoms with Crippen LogP contribution in [0, 0.1) is 17.2 Å². The van der Waals surface area contributed by atoms with E-state index >= 15 is 0 Å². The van der Waals surface area contributed by atoms with Crippen molar-refractivity contribution >= 4 is 23.3 Å². The van der Waals surface area contributed by atoms with Gasteiger partial charge in [0.05, 0.1) is 6.04 Å². The molecule has 1 atom stereocenters. The molecule has 1 fully saturated rings. The van der Waals surface area contributed by atoms with E-state index < -0.39 is 11.9 Å². The van der Waals surface area contributed by atoms with Gasteiger partial charge in [-0.05, 0) is 38.0 Å². The van der Waals surface area contributed by atoms with E-state index in [2.05, 4.69) is 25.4 Å². The zero-order valence-electron chi connectivity index (χ0n) is 15.9. The fraction of sp³-hybridized carbons (Fsp3) is 0.250. The fourth-order valence-corrected chi connectivity index (χ4v) is 3.27. The Morgan fingerprint density at radius 1 is 1.17 bits per heavy atom. The van der Waals surface area contributed by atoms with Gasteiger partial charge in [0.2, 0.25) is 0 Å². The monoisotopic (exact) mass is 421 g/mol. The van der Waals surface area contributed by atoms with Crippen LogP contribution < -0.4 is 5.32 Å². The first kappa shape index (κ1) is 19.7. The minimum absolute atomic E-state index is 0.0106. The molecule has 0 saturated heterocycles. The maximum Gasteiger partial charge on any atom is 0.251 e. The highest BCUT2D eigenvalue weighted by atomic mass is 35.5. The number of Topliss-reactive ketones (excluding diaryl/α,β-unsaturated/α-hetero) is 1. The number of carbonyl (C=O) groups excluding carboxylic acids is 2. The van der Waals surface area contributed by atoms with Crippen molar-refractivity contribution in [3.63, 3.8) is 0 Å². The molecule has 10 heteroatoms. The number of nitrogens with zero attached hydrogens (tertiary/aromatic N) is 6. The molecule has 1 amide bonds. The van der Waals surface area contributed by atoms with Gasteiger partial charge in [-0.15, -0.1) is 0 Å². The van der Waals surface area contributed by atoms with E-state index in [-0.39, 0.29) is 17.4 Å². The van der Waals surface area contributed by atoms with E-state index in [1.807, 2.05) is 6.07 Å². The zero-order chi connectivity index (χ0) is 21.3. The number of ketones is 1.